The van der Waals surface area contributed by atoms with Gasteiger partial charge in [-0.3, -0.25) is 19.3 Å². The van der Waals surface area contributed by atoms with Gasteiger partial charge < -0.3 is 20.9 Å². The van der Waals surface area contributed by atoms with Gasteiger partial charge in [-0.2, -0.15) is 0 Å². The average molecular weight is 335 g/mol. The van der Waals surface area contributed by atoms with Gasteiger partial charge in [0.25, 0.3) is 5.91 Å². The summed E-state index contributed by atoms with van der Waals surface area (Å²) in [6, 6.07) is 3.75. The Labute approximate surface area is 137 Å². The molecule has 0 fully saturated rings. The minimum absolute atomic E-state index is 0.215. The van der Waals surface area contributed by atoms with Crippen molar-refractivity contribution in [2.24, 2.45) is 5.73 Å². The van der Waals surface area contributed by atoms with E-state index in [4.69, 9.17) is 15.6 Å². The van der Waals surface area contributed by atoms with E-state index in [9.17, 15) is 19.2 Å². The molecule has 0 radical (unpaired) electrons. The highest BCUT2D eigenvalue weighted by molar-refractivity contribution is 6.02. The van der Waals surface area contributed by atoms with Crippen molar-refractivity contribution in [3.05, 3.63) is 23.8 Å². The second-order valence-corrected chi connectivity index (χ2v) is 5.37. The monoisotopic (exact) mass is 335 g/mol. The molecular weight excluding hydrogens is 318 g/mol. The molecule has 4 N–H and O–H groups in total. The predicted molar refractivity (Wildman–Crippen MR) is 82.4 cm³/mol. The number of hydrogen-bond acceptors (Lipinski definition) is 5. The molecule has 128 valence electrons. The van der Waals surface area contributed by atoms with Crippen LogP contribution in [0.1, 0.15) is 12.0 Å². The van der Waals surface area contributed by atoms with Gasteiger partial charge in [0.2, 0.25) is 11.8 Å². The van der Waals surface area contributed by atoms with Gasteiger partial charge >= 0.3 is 5.97 Å². The molecule has 1 unspecified atom stereocenters. The number of carbonyl (C=O) groups is 4. The molecule has 2 rings (SSSR count). The summed E-state index contributed by atoms with van der Waals surface area (Å²) in [5.41, 5.74) is 6.26. The molecule has 0 saturated heterocycles. The normalized spacial score (nSPS) is 14.4. The number of anilines is 1. The average Bonchev–Trinajstić information content (AvgIpc) is 2.49. The summed E-state index contributed by atoms with van der Waals surface area (Å²) in [4.78, 5) is 47.2. The molecule has 1 aliphatic rings. The van der Waals surface area contributed by atoms with Crippen LogP contribution in [0.5, 0.6) is 5.75 Å². The number of rotatable bonds is 6. The van der Waals surface area contributed by atoms with Crippen molar-refractivity contribution in [1.82, 2.24) is 5.32 Å². The first-order valence-corrected chi connectivity index (χ1v) is 7.12. The molecule has 1 aliphatic heterocycles. The third-order valence-electron chi connectivity index (χ3n) is 3.40. The Balaban J connectivity index is 2.13. The number of primary amides is 1. The largest absolute Gasteiger partial charge is 0.482 e. The lowest BCUT2D eigenvalue weighted by molar-refractivity contribution is -0.143. The van der Waals surface area contributed by atoms with Crippen LogP contribution in [0, 0.1) is 6.92 Å². The van der Waals surface area contributed by atoms with Crippen LogP contribution in [0.3, 0.4) is 0 Å². The van der Waals surface area contributed by atoms with Crippen molar-refractivity contribution >= 4 is 29.4 Å². The predicted octanol–water partition coefficient (Wildman–Crippen LogP) is -0.835. The van der Waals surface area contributed by atoms with E-state index >= 15 is 0 Å². The topological polar surface area (TPSA) is 139 Å². The molecule has 0 aromatic heterocycles. The van der Waals surface area contributed by atoms with Crippen molar-refractivity contribution in [1.29, 1.82) is 0 Å². The van der Waals surface area contributed by atoms with Crippen LogP contribution in [0.2, 0.25) is 0 Å². The highest BCUT2D eigenvalue weighted by Crippen LogP contribution is 2.32. The molecule has 3 amide bonds. The van der Waals surface area contributed by atoms with Crippen LogP contribution >= 0.6 is 0 Å². The Kier molecular flexibility index (Phi) is 5.02. The summed E-state index contributed by atoms with van der Waals surface area (Å²) in [6.07, 6.45) is -0.534. The van der Waals surface area contributed by atoms with E-state index in [0.717, 1.165) is 5.56 Å². The molecule has 0 aliphatic carbocycles. The van der Waals surface area contributed by atoms with E-state index in [2.05, 4.69) is 5.32 Å². The fraction of sp³-hybridized carbons (Fsp3) is 0.333. The number of aliphatic carboxylic acids is 1. The van der Waals surface area contributed by atoms with Crippen molar-refractivity contribution < 1.29 is 29.0 Å². The fourth-order valence-corrected chi connectivity index (χ4v) is 2.27. The number of nitrogens with zero attached hydrogens (tertiary/aromatic N) is 1. The Morgan fingerprint density at radius 2 is 2.12 bits per heavy atom. The van der Waals surface area contributed by atoms with Crippen LogP contribution in [-0.4, -0.2) is 48.0 Å². The molecule has 0 saturated carbocycles. The number of carboxylic acid groups (broad SMARTS) is 1. The maximum Gasteiger partial charge on any atom is 0.326 e. The Hall–Kier alpha value is -3.10. The highest BCUT2D eigenvalue weighted by Gasteiger charge is 2.29. The maximum absolute atomic E-state index is 12.1. The molecule has 1 aromatic carbocycles. The van der Waals surface area contributed by atoms with E-state index in [0.29, 0.717) is 11.4 Å². The number of nitrogens with one attached hydrogen (secondary N) is 1. The molecule has 9 nitrogen and oxygen atoms in total. The van der Waals surface area contributed by atoms with Crippen molar-refractivity contribution in [3.8, 4) is 5.75 Å². The molecule has 0 bridgehead atoms. The van der Waals surface area contributed by atoms with Gasteiger partial charge in [-0.25, -0.2) is 4.79 Å². The van der Waals surface area contributed by atoms with E-state index < -0.39 is 36.2 Å². The van der Waals surface area contributed by atoms with Crippen LogP contribution in [0.4, 0.5) is 5.69 Å². The Morgan fingerprint density at radius 3 is 2.75 bits per heavy atom. The summed E-state index contributed by atoms with van der Waals surface area (Å²) < 4.78 is 5.30. The first-order chi connectivity index (χ1) is 11.3. The van der Waals surface area contributed by atoms with Gasteiger partial charge in [0.05, 0.1) is 12.1 Å². The minimum Gasteiger partial charge on any atom is -0.482 e. The van der Waals surface area contributed by atoms with E-state index in [-0.39, 0.29) is 13.2 Å². The van der Waals surface area contributed by atoms with Gasteiger partial charge in [-0.1, -0.05) is 6.07 Å². The van der Waals surface area contributed by atoms with Gasteiger partial charge in [-0.05, 0) is 24.6 Å². The smallest absolute Gasteiger partial charge is 0.326 e. The summed E-state index contributed by atoms with van der Waals surface area (Å²) in [5.74, 6) is -2.92. The molecule has 9 heteroatoms. The second-order valence-electron chi connectivity index (χ2n) is 5.37. The number of amides is 3. The zero-order valence-corrected chi connectivity index (χ0v) is 12.9. The summed E-state index contributed by atoms with van der Waals surface area (Å²) in [7, 11) is 0. The molecular formula is C15H17N3O6. The van der Waals surface area contributed by atoms with Gasteiger partial charge in [0, 0.05) is 0 Å². The maximum atomic E-state index is 12.1. The van der Waals surface area contributed by atoms with E-state index in [1.54, 1.807) is 18.2 Å². The third-order valence-corrected chi connectivity index (χ3v) is 3.40. The van der Waals surface area contributed by atoms with Crippen LogP contribution in [0.15, 0.2) is 18.2 Å². The molecule has 1 aromatic rings. The Morgan fingerprint density at radius 1 is 1.42 bits per heavy atom. The lowest BCUT2D eigenvalue weighted by Gasteiger charge is -2.29. The number of benzene rings is 1. The number of ether oxygens (including phenoxy) is 1. The van der Waals surface area contributed by atoms with E-state index in [1.807, 2.05) is 6.92 Å². The van der Waals surface area contributed by atoms with Crippen molar-refractivity contribution in [2.75, 3.05) is 18.1 Å². The number of fused-ring (bicyclic) bond motifs is 1. The van der Waals surface area contributed by atoms with Crippen LogP contribution in [0.25, 0.3) is 0 Å². The number of carbonyl (C=O) groups excluding carboxylic acids is 3. The standard InChI is InChI=1S/C15H17N3O6/c1-8-2-3-11-10(4-8)18(14(21)7-24-11)6-13(20)17-9(15(22)23)5-12(16)19/h2-4,9H,5-7H2,1H3,(H2,16,19)(H,17,20)(H,22,23). The molecule has 1 heterocycles. The summed E-state index contributed by atoms with van der Waals surface area (Å²) in [5, 5.41) is 11.2. The van der Waals surface area contributed by atoms with Crippen LogP contribution in [-0.2, 0) is 19.2 Å². The quantitative estimate of drug-likeness (QED) is 0.620. The lowest BCUT2D eigenvalue weighted by Crippen LogP contribution is -2.50. The van der Waals surface area contributed by atoms with Crippen molar-refractivity contribution in [3.63, 3.8) is 0 Å². The van der Waals surface area contributed by atoms with Crippen molar-refractivity contribution in [2.45, 2.75) is 19.4 Å². The SMILES string of the molecule is Cc1ccc2c(c1)N(CC(=O)NC(CC(N)=O)C(=O)O)C(=O)CO2. The molecule has 1 atom stereocenters. The van der Waals surface area contributed by atoms with Gasteiger partial charge in [-0.15, -0.1) is 0 Å². The minimum atomic E-state index is -1.44. The number of carboxylic acids is 1. The number of nitrogens with two attached hydrogens (primary N) is 1. The highest BCUT2D eigenvalue weighted by atomic mass is 16.5. The first-order valence-electron chi connectivity index (χ1n) is 7.12. The molecule has 0 spiro atoms. The zero-order valence-electron chi connectivity index (χ0n) is 12.9. The fourth-order valence-electron chi connectivity index (χ4n) is 2.27. The van der Waals surface area contributed by atoms with Crippen LogP contribution < -0.4 is 20.7 Å². The van der Waals surface area contributed by atoms with Gasteiger partial charge in [0.1, 0.15) is 18.3 Å². The zero-order chi connectivity index (χ0) is 17.9. The van der Waals surface area contributed by atoms with Gasteiger partial charge in [0.15, 0.2) is 6.61 Å². The molecule has 24 heavy (non-hydrogen) atoms. The summed E-state index contributed by atoms with van der Waals surface area (Å²) >= 11 is 0. The number of hydrogen-bond donors (Lipinski definition) is 3. The summed E-state index contributed by atoms with van der Waals surface area (Å²) in [6.45, 7) is 1.22. The van der Waals surface area contributed by atoms with E-state index in [1.165, 1.54) is 4.90 Å². The first kappa shape index (κ1) is 17.3. The second kappa shape index (κ2) is 6.99. The Bertz CT molecular complexity index is 702. The lowest BCUT2D eigenvalue weighted by atomic mass is 10.1. The third kappa shape index (κ3) is 4.00. The number of aryl methyl sites for hydroxylation is 1.